The average molecular weight is 261 g/mol. The number of esters is 1. The van der Waals surface area contributed by atoms with Crippen molar-refractivity contribution in [2.45, 2.75) is 26.3 Å². The van der Waals surface area contributed by atoms with E-state index < -0.39 is 17.4 Å². The average Bonchev–Trinajstić information content (AvgIpc) is 2.34. The Bertz CT molecular complexity index is 484. The topological polar surface area (TPSA) is 55.4 Å². The molecule has 0 saturated carbocycles. The van der Waals surface area contributed by atoms with Crippen LogP contribution in [0, 0.1) is 0 Å². The number of methoxy groups -OCH3 is 1. The maximum atomic E-state index is 12.1. The second-order valence-electron chi connectivity index (χ2n) is 5.16. The summed E-state index contributed by atoms with van der Waals surface area (Å²) in [6.45, 7) is 5.55. The van der Waals surface area contributed by atoms with Gasteiger partial charge in [-0.2, -0.15) is 0 Å². The summed E-state index contributed by atoms with van der Waals surface area (Å²) < 4.78 is 4.65. The zero-order valence-corrected chi connectivity index (χ0v) is 11.7. The van der Waals surface area contributed by atoms with Gasteiger partial charge in [-0.05, 0) is 32.4 Å². The smallest absolute Gasteiger partial charge is 0.343 e. The molecule has 19 heavy (non-hydrogen) atoms. The molecule has 102 valence electrons. The van der Waals surface area contributed by atoms with Crippen molar-refractivity contribution in [1.82, 2.24) is 5.32 Å². The zero-order valence-electron chi connectivity index (χ0n) is 11.7. The summed E-state index contributed by atoms with van der Waals surface area (Å²) in [4.78, 5) is 23.8. The number of hydrogen-bond donors (Lipinski definition) is 1. The quantitative estimate of drug-likeness (QED) is 0.392. The molecule has 0 fully saturated rings. The molecule has 0 radical (unpaired) electrons. The van der Waals surface area contributed by atoms with Crippen LogP contribution >= 0.6 is 0 Å². The minimum Gasteiger partial charge on any atom is -0.465 e. The maximum Gasteiger partial charge on any atom is 0.343 e. The SMILES string of the molecule is COC(=O)/C(=C\c1ccccc1)C(=O)NC(C)(C)C. The van der Waals surface area contributed by atoms with E-state index in [0.717, 1.165) is 5.56 Å². The first-order valence-electron chi connectivity index (χ1n) is 6.01. The monoisotopic (exact) mass is 261 g/mol. The predicted octanol–water partition coefficient (Wildman–Crippen LogP) is 2.16. The molecule has 1 rings (SSSR count). The van der Waals surface area contributed by atoms with Crippen molar-refractivity contribution in [3.8, 4) is 0 Å². The molecule has 0 atom stereocenters. The molecule has 1 amide bonds. The molecule has 0 saturated heterocycles. The lowest BCUT2D eigenvalue weighted by Gasteiger charge is -2.20. The summed E-state index contributed by atoms with van der Waals surface area (Å²) in [5.41, 5.74) is 0.344. The Morgan fingerprint density at radius 3 is 2.21 bits per heavy atom. The summed E-state index contributed by atoms with van der Waals surface area (Å²) >= 11 is 0. The fourth-order valence-corrected chi connectivity index (χ4v) is 1.45. The number of benzene rings is 1. The van der Waals surface area contributed by atoms with Crippen LogP contribution in [0.25, 0.3) is 6.08 Å². The number of nitrogens with one attached hydrogen (secondary N) is 1. The molecular formula is C15H19NO3. The van der Waals surface area contributed by atoms with E-state index in [0.29, 0.717) is 0 Å². The fraction of sp³-hybridized carbons (Fsp3) is 0.333. The van der Waals surface area contributed by atoms with Crippen molar-refractivity contribution >= 4 is 18.0 Å². The molecule has 4 nitrogen and oxygen atoms in total. The van der Waals surface area contributed by atoms with Gasteiger partial charge in [-0.1, -0.05) is 30.3 Å². The highest BCUT2D eigenvalue weighted by Gasteiger charge is 2.23. The predicted molar refractivity (Wildman–Crippen MR) is 74.3 cm³/mol. The third-order valence-electron chi connectivity index (χ3n) is 2.25. The molecule has 0 spiro atoms. The van der Waals surface area contributed by atoms with Crippen LogP contribution in [0.5, 0.6) is 0 Å². The minimum atomic E-state index is -0.648. The van der Waals surface area contributed by atoms with E-state index >= 15 is 0 Å². The number of ether oxygens (including phenoxy) is 1. The molecule has 0 aliphatic rings. The van der Waals surface area contributed by atoms with E-state index in [2.05, 4.69) is 10.1 Å². The van der Waals surface area contributed by atoms with Crippen LogP contribution in [0.1, 0.15) is 26.3 Å². The maximum absolute atomic E-state index is 12.1. The van der Waals surface area contributed by atoms with Crippen molar-refractivity contribution in [1.29, 1.82) is 0 Å². The number of carbonyl (C=O) groups excluding carboxylic acids is 2. The van der Waals surface area contributed by atoms with E-state index in [9.17, 15) is 9.59 Å². The van der Waals surface area contributed by atoms with Crippen LogP contribution in [0.4, 0.5) is 0 Å². The molecule has 0 bridgehead atoms. The summed E-state index contributed by atoms with van der Waals surface area (Å²) in [7, 11) is 1.26. The second kappa shape index (κ2) is 6.18. The van der Waals surface area contributed by atoms with Crippen molar-refractivity contribution < 1.29 is 14.3 Å². The Balaban J connectivity index is 3.06. The Morgan fingerprint density at radius 1 is 1.16 bits per heavy atom. The van der Waals surface area contributed by atoms with Gasteiger partial charge < -0.3 is 10.1 Å². The Morgan fingerprint density at radius 2 is 1.74 bits per heavy atom. The molecule has 4 heteroatoms. The van der Waals surface area contributed by atoms with Gasteiger partial charge in [0.05, 0.1) is 7.11 Å². The normalized spacial score (nSPS) is 11.9. The van der Waals surface area contributed by atoms with E-state index in [1.54, 1.807) is 0 Å². The largest absolute Gasteiger partial charge is 0.465 e. The number of carbonyl (C=O) groups is 2. The van der Waals surface area contributed by atoms with Crippen molar-refractivity contribution in [2.75, 3.05) is 7.11 Å². The van der Waals surface area contributed by atoms with Gasteiger partial charge in [0.25, 0.3) is 5.91 Å². The first kappa shape index (κ1) is 15.0. The lowest BCUT2D eigenvalue weighted by molar-refractivity contribution is -0.138. The molecule has 1 aromatic rings. The summed E-state index contributed by atoms with van der Waals surface area (Å²) in [6, 6.07) is 9.16. The van der Waals surface area contributed by atoms with Crippen LogP contribution in [0.3, 0.4) is 0 Å². The Kier molecular flexibility index (Phi) is 4.87. The number of hydrogen-bond acceptors (Lipinski definition) is 3. The first-order chi connectivity index (χ1) is 8.83. The van der Waals surface area contributed by atoms with Crippen LogP contribution in [-0.2, 0) is 14.3 Å². The number of amides is 1. The van der Waals surface area contributed by atoms with E-state index in [4.69, 9.17) is 0 Å². The Hall–Kier alpha value is -2.10. The van der Waals surface area contributed by atoms with E-state index in [1.165, 1.54) is 13.2 Å². The Labute approximate surface area is 113 Å². The van der Waals surface area contributed by atoms with Gasteiger partial charge >= 0.3 is 5.97 Å². The molecule has 1 aromatic carbocycles. The lowest BCUT2D eigenvalue weighted by Crippen LogP contribution is -2.42. The van der Waals surface area contributed by atoms with Crippen LogP contribution in [-0.4, -0.2) is 24.5 Å². The van der Waals surface area contributed by atoms with E-state index in [-0.39, 0.29) is 5.57 Å². The molecule has 0 aliphatic carbocycles. The number of rotatable bonds is 3. The highest BCUT2D eigenvalue weighted by molar-refractivity contribution is 6.19. The van der Waals surface area contributed by atoms with Gasteiger partial charge in [0.1, 0.15) is 5.57 Å². The highest BCUT2D eigenvalue weighted by atomic mass is 16.5. The van der Waals surface area contributed by atoms with Gasteiger partial charge in [0.2, 0.25) is 0 Å². The summed E-state index contributed by atoms with van der Waals surface area (Å²) in [6.07, 6.45) is 1.52. The molecule has 1 N–H and O–H groups in total. The van der Waals surface area contributed by atoms with Crippen LogP contribution < -0.4 is 5.32 Å². The van der Waals surface area contributed by atoms with Gasteiger partial charge in [-0.3, -0.25) is 4.79 Å². The fourth-order valence-electron chi connectivity index (χ4n) is 1.45. The van der Waals surface area contributed by atoms with E-state index in [1.807, 2.05) is 51.1 Å². The van der Waals surface area contributed by atoms with Crippen LogP contribution in [0.15, 0.2) is 35.9 Å². The molecule has 0 heterocycles. The first-order valence-corrected chi connectivity index (χ1v) is 6.01. The molecule has 0 unspecified atom stereocenters. The van der Waals surface area contributed by atoms with Gasteiger partial charge in [-0.15, -0.1) is 0 Å². The highest BCUT2D eigenvalue weighted by Crippen LogP contribution is 2.10. The van der Waals surface area contributed by atoms with Crippen LogP contribution in [0.2, 0.25) is 0 Å². The summed E-state index contributed by atoms with van der Waals surface area (Å²) in [5.74, 6) is -1.09. The minimum absolute atomic E-state index is 0.0105. The second-order valence-corrected chi connectivity index (χ2v) is 5.16. The molecule has 0 aliphatic heterocycles. The summed E-state index contributed by atoms with van der Waals surface area (Å²) in [5, 5.41) is 2.75. The van der Waals surface area contributed by atoms with Gasteiger partial charge in [0.15, 0.2) is 0 Å². The molecular weight excluding hydrogens is 242 g/mol. The lowest BCUT2D eigenvalue weighted by atomic mass is 10.1. The molecule has 0 aromatic heterocycles. The third kappa shape index (κ3) is 4.95. The van der Waals surface area contributed by atoms with Crippen molar-refractivity contribution in [3.05, 3.63) is 41.5 Å². The van der Waals surface area contributed by atoms with Gasteiger partial charge in [0, 0.05) is 5.54 Å². The zero-order chi connectivity index (χ0) is 14.5. The van der Waals surface area contributed by atoms with Crippen molar-refractivity contribution in [3.63, 3.8) is 0 Å². The van der Waals surface area contributed by atoms with Gasteiger partial charge in [-0.25, -0.2) is 4.79 Å². The van der Waals surface area contributed by atoms with Crippen molar-refractivity contribution in [2.24, 2.45) is 0 Å². The third-order valence-corrected chi connectivity index (χ3v) is 2.25. The standard InChI is InChI=1S/C15H19NO3/c1-15(2,3)16-13(17)12(14(18)19-4)10-11-8-6-5-7-9-11/h5-10H,1-4H3,(H,16,17)/b12-10-.